The highest BCUT2D eigenvalue weighted by Gasteiger charge is 2.16. The predicted molar refractivity (Wildman–Crippen MR) is 59.9 cm³/mol. The zero-order valence-electron chi connectivity index (χ0n) is 9.04. The van der Waals surface area contributed by atoms with Gasteiger partial charge in [0.25, 0.3) is 0 Å². The molecule has 2 nitrogen and oxygen atoms in total. The Labute approximate surface area is 89.6 Å². The molecular weight excluding hydrogens is 188 g/mol. The summed E-state index contributed by atoms with van der Waals surface area (Å²) in [6, 6.07) is 6.04. The lowest BCUT2D eigenvalue weighted by Gasteiger charge is -2.09. The summed E-state index contributed by atoms with van der Waals surface area (Å²) in [5.41, 5.74) is 3.34. The quantitative estimate of drug-likeness (QED) is 0.737. The van der Waals surface area contributed by atoms with Crippen LogP contribution in [0.2, 0.25) is 0 Å². The summed E-state index contributed by atoms with van der Waals surface area (Å²) < 4.78 is 5.30. The third-order valence-corrected chi connectivity index (χ3v) is 2.68. The average Bonchev–Trinajstić information content (AvgIpc) is 2.65. The summed E-state index contributed by atoms with van der Waals surface area (Å²) in [5, 5.41) is 0. The first-order chi connectivity index (χ1) is 7.20. The molecule has 0 heterocycles. The second-order valence-corrected chi connectivity index (χ2v) is 3.84. The van der Waals surface area contributed by atoms with Gasteiger partial charge in [0.1, 0.15) is 5.75 Å². The normalized spacial score (nSPS) is 15.3. The molecule has 0 saturated carbocycles. The molecular formula is C13H14O2. The lowest BCUT2D eigenvalue weighted by atomic mass is 10.0. The van der Waals surface area contributed by atoms with E-state index in [9.17, 15) is 4.79 Å². The van der Waals surface area contributed by atoms with Crippen molar-refractivity contribution in [2.45, 2.75) is 19.8 Å². The van der Waals surface area contributed by atoms with Gasteiger partial charge in [0, 0.05) is 12.0 Å². The van der Waals surface area contributed by atoms with Crippen LogP contribution in [0.1, 0.15) is 24.0 Å². The van der Waals surface area contributed by atoms with Gasteiger partial charge in [0.05, 0.1) is 7.11 Å². The Bertz CT molecular complexity index is 430. The number of hydrogen-bond donors (Lipinski definition) is 0. The molecule has 0 amide bonds. The Morgan fingerprint density at radius 1 is 1.27 bits per heavy atom. The van der Waals surface area contributed by atoms with Crippen LogP contribution in [0.4, 0.5) is 0 Å². The number of allylic oxidation sites excluding steroid dienone is 2. The van der Waals surface area contributed by atoms with E-state index in [1.165, 1.54) is 5.56 Å². The fourth-order valence-electron chi connectivity index (χ4n) is 1.88. The monoisotopic (exact) mass is 202 g/mol. The van der Waals surface area contributed by atoms with Crippen molar-refractivity contribution in [3.05, 3.63) is 35.4 Å². The second-order valence-electron chi connectivity index (χ2n) is 3.84. The van der Waals surface area contributed by atoms with Crippen LogP contribution in [0.5, 0.6) is 5.75 Å². The number of benzene rings is 1. The van der Waals surface area contributed by atoms with Crippen LogP contribution < -0.4 is 4.74 Å². The third-order valence-electron chi connectivity index (χ3n) is 2.68. The highest BCUT2D eigenvalue weighted by atomic mass is 16.5. The maximum atomic E-state index is 11.2. The number of carbonyl (C=O) groups excluding carboxylic acids is 1. The van der Waals surface area contributed by atoms with E-state index in [0.717, 1.165) is 23.3 Å². The number of ketones is 1. The van der Waals surface area contributed by atoms with E-state index in [4.69, 9.17) is 4.74 Å². The molecule has 0 radical (unpaired) electrons. The van der Waals surface area contributed by atoms with E-state index in [-0.39, 0.29) is 5.78 Å². The van der Waals surface area contributed by atoms with Gasteiger partial charge >= 0.3 is 0 Å². The first kappa shape index (κ1) is 9.97. The molecule has 2 rings (SSSR count). The topological polar surface area (TPSA) is 26.3 Å². The standard InChI is InChI=1S/C13H14O2/c1-9-3-6-13(15-2)12(7-9)10-4-5-11(14)8-10/h3,6-8H,4-5H2,1-2H3. The van der Waals surface area contributed by atoms with Crippen LogP contribution in [-0.4, -0.2) is 12.9 Å². The molecule has 0 spiro atoms. The van der Waals surface area contributed by atoms with Gasteiger partial charge < -0.3 is 4.74 Å². The molecule has 1 aromatic carbocycles. The van der Waals surface area contributed by atoms with Crippen LogP contribution in [0.25, 0.3) is 5.57 Å². The lowest BCUT2D eigenvalue weighted by molar-refractivity contribution is -0.114. The number of methoxy groups -OCH3 is 1. The van der Waals surface area contributed by atoms with Crippen molar-refractivity contribution in [2.75, 3.05) is 7.11 Å². The van der Waals surface area contributed by atoms with Crippen LogP contribution in [0, 0.1) is 6.92 Å². The van der Waals surface area contributed by atoms with Crippen molar-refractivity contribution in [1.82, 2.24) is 0 Å². The predicted octanol–water partition coefficient (Wildman–Crippen LogP) is 2.75. The van der Waals surface area contributed by atoms with E-state index in [1.807, 2.05) is 19.1 Å². The van der Waals surface area contributed by atoms with Crippen LogP contribution in [-0.2, 0) is 4.79 Å². The van der Waals surface area contributed by atoms with Gasteiger partial charge in [-0.2, -0.15) is 0 Å². The van der Waals surface area contributed by atoms with E-state index >= 15 is 0 Å². The number of hydrogen-bond acceptors (Lipinski definition) is 2. The summed E-state index contributed by atoms with van der Waals surface area (Å²) in [6.45, 7) is 2.04. The molecule has 0 unspecified atom stereocenters. The molecule has 1 aliphatic carbocycles. The molecule has 1 aliphatic rings. The molecule has 78 valence electrons. The van der Waals surface area contributed by atoms with E-state index in [1.54, 1.807) is 13.2 Å². The maximum Gasteiger partial charge on any atom is 0.156 e. The average molecular weight is 202 g/mol. The number of carbonyl (C=O) groups is 1. The van der Waals surface area contributed by atoms with Gasteiger partial charge in [-0.15, -0.1) is 0 Å². The second kappa shape index (κ2) is 3.89. The minimum atomic E-state index is 0.216. The van der Waals surface area contributed by atoms with Gasteiger partial charge in [-0.25, -0.2) is 0 Å². The van der Waals surface area contributed by atoms with Gasteiger partial charge in [0.15, 0.2) is 5.78 Å². The van der Waals surface area contributed by atoms with Crippen LogP contribution in [0.3, 0.4) is 0 Å². The lowest BCUT2D eigenvalue weighted by Crippen LogP contribution is -1.91. The van der Waals surface area contributed by atoms with Crippen molar-refractivity contribution in [3.63, 3.8) is 0 Å². The fraction of sp³-hybridized carbons (Fsp3) is 0.308. The van der Waals surface area contributed by atoms with Gasteiger partial charge in [-0.05, 0) is 37.1 Å². The molecule has 0 aromatic heterocycles. The SMILES string of the molecule is COc1ccc(C)cc1C1=CC(=O)CC1. The Balaban J connectivity index is 2.46. The Hall–Kier alpha value is -1.57. The van der Waals surface area contributed by atoms with Crippen LogP contribution >= 0.6 is 0 Å². The fourth-order valence-corrected chi connectivity index (χ4v) is 1.88. The molecule has 1 aromatic rings. The largest absolute Gasteiger partial charge is 0.496 e. The molecule has 0 aliphatic heterocycles. The van der Waals surface area contributed by atoms with E-state index < -0.39 is 0 Å². The number of rotatable bonds is 2. The van der Waals surface area contributed by atoms with Gasteiger partial charge in [-0.1, -0.05) is 11.6 Å². The molecule has 0 atom stereocenters. The highest BCUT2D eigenvalue weighted by molar-refractivity contribution is 6.02. The number of ether oxygens (including phenoxy) is 1. The molecule has 15 heavy (non-hydrogen) atoms. The van der Waals surface area contributed by atoms with Gasteiger partial charge in [-0.3, -0.25) is 4.79 Å². The maximum absolute atomic E-state index is 11.2. The van der Waals surface area contributed by atoms with E-state index in [0.29, 0.717) is 6.42 Å². The molecule has 2 heteroatoms. The minimum absolute atomic E-state index is 0.216. The summed E-state index contributed by atoms with van der Waals surface area (Å²) >= 11 is 0. The highest BCUT2D eigenvalue weighted by Crippen LogP contribution is 2.33. The Morgan fingerprint density at radius 2 is 2.07 bits per heavy atom. The summed E-state index contributed by atoms with van der Waals surface area (Å²) in [5.74, 6) is 1.06. The zero-order chi connectivity index (χ0) is 10.8. The summed E-state index contributed by atoms with van der Waals surface area (Å²) in [4.78, 5) is 11.2. The smallest absolute Gasteiger partial charge is 0.156 e. The van der Waals surface area contributed by atoms with Crippen molar-refractivity contribution >= 4 is 11.4 Å². The van der Waals surface area contributed by atoms with Crippen LogP contribution in [0.15, 0.2) is 24.3 Å². The molecule has 0 fully saturated rings. The van der Waals surface area contributed by atoms with E-state index in [2.05, 4.69) is 6.07 Å². The summed E-state index contributed by atoms with van der Waals surface area (Å²) in [6.07, 6.45) is 3.20. The zero-order valence-corrected chi connectivity index (χ0v) is 9.04. The molecule has 0 bridgehead atoms. The summed E-state index contributed by atoms with van der Waals surface area (Å²) in [7, 11) is 1.66. The van der Waals surface area contributed by atoms with Crippen molar-refractivity contribution in [1.29, 1.82) is 0 Å². The molecule has 0 N–H and O–H groups in total. The first-order valence-electron chi connectivity index (χ1n) is 5.09. The Morgan fingerprint density at radius 3 is 2.67 bits per heavy atom. The third kappa shape index (κ3) is 1.94. The van der Waals surface area contributed by atoms with Crippen molar-refractivity contribution in [3.8, 4) is 5.75 Å². The molecule has 0 saturated heterocycles. The minimum Gasteiger partial charge on any atom is -0.496 e. The van der Waals surface area contributed by atoms with Crippen molar-refractivity contribution in [2.24, 2.45) is 0 Å². The number of aryl methyl sites for hydroxylation is 1. The Kier molecular flexibility index (Phi) is 2.58. The first-order valence-corrected chi connectivity index (χ1v) is 5.09. The van der Waals surface area contributed by atoms with Gasteiger partial charge in [0.2, 0.25) is 0 Å². The van der Waals surface area contributed by atoms with Crippen molar-refractivity contribution < 1.29 is 9.53 Å².